The van der Waals surface area contributed by atoms with Crippen LogP contribution < -0.4 is 14.2 Å². The second kappa shape index (κ2) is 17.7. The molecule has 5 aromatic rings. The van der Waals surface area contributed by atoms with E-state index in [9.17, 15) is 4.79 Å². The highest BCUT2D eigenvalue weighted by Crippen LogP contribution is 2.41. The van der Waals surface area contributed by atoms with Crippen molar-refractivity contribution < 1.29 is 32.4 Å². The third kappa shape index (κ3) is 9.15. The number of ether oxygens (including phenoxy) is 4. The second-order valence-electron chi connectivity index (χ2n) is 13.2. The van der Waals surface area contributed by atoms with E-state index in [0.29, 0.717) is 63.4 Å². The third-order valence-electron chi connectivity index (χ3n) is 8.98. The number of rotatable bonds is 16. The largest absolute Gasteiger partial charge is 0.679 e. The molecule has 0 N–H and O–H groups in total. The summed E-state index contributed by atoms with van der Waals surface area (Å²) in [6, 6.07) is 32.8. The van der Waals surface area contributed by atoms with E-state index in [1.165, 1.54) is 7.11 Å². The number of methoxy groups -OCH3 is 2. The lowest BCUT2D eigenvalue weighted by atomic mass is 10.0. The minimum atomic E-state index is -2.93. The van der Waals surface area contributed by atoms with E-state index in [0.717, 1.165) is 34.9 Å². The van der Waals surface area contributed by atoms with Gasteiger partial charge in [-0.1, -0.05) is 74.9 Å². The maximum absolute atomic E-state index is 15.4. The summed E-state index contributed by atoms with van der Waals surface area (Å²) in [6.07, 6.45) is 5.07. The van der Waals surface area contributed by atoms with E-state index in [1.54, 1.807) is 49.6 Å². The summed E-state index contributed by atoms with van der Waals surface area (Å²) < 4.78 is 53.3. The normalized spacial score (nSPS) is 13.1. The number of allylic oxidation sites excluding steroid dienone is 1. The van der Waals surface area contributed by atoms with E-state index >= 15 is 8.63 Å². The van der Waals surface area contributed by atoms with Crippen molar-refractivity contribution in [1.82, 2.24) is 4.48 Å². The number of carbonyl (C=O) groups is 1. The van der Waals surface area contributed by atoms with E-state index in [-0.39, 0.29) is 18.3 Å². The van der Waals surface area contributed by atoms with Crippen LogP contribution in [0.2, 0.25) is 0 Å². The van der Waals surface area contributed by atoms with Gasteiger partial charge in [0.25, 0.3) is 0 Å². The summed E-state index contributed by atoms with van der Waals surface area (Å²) in [6.45, 7) is 4.77. The minimum Gasteiger partial charge on any atom is -0.497 e. The monoisotopic (exact) mass is 729 g/mol. The molecule has 1 aliphatic rings. The van der Waals surface area contributed by atoms with E-state index in [2.05, 4.69) is 18.6 Å². The molecule has 0 fully saturated rings. The fourth-order valence-corrected chi connectivity index (χ4v) is 6.09. The Morgan fingerprint density at radius 2 is 1.41 bits per heavy atom. The van der Waals surface area contributed by atoms with Gasteiger partial charge < -0.3 is 23.4 Å². The first kappa shape index (κ1) is 37.8. The zero-order chi connectivity index (χ0) is 38.0. The number of aromatic nitrogens is 1. The van der Waals surface area contributed by atoms with E-state index in [4.69, 9.17) is 24.2 Å². The number of carbonyl (C=O) groups excluding carboxylic acids is 1. The quantitative estimate of drug-likeness (QED) is 0.0574. The van der Waals surface area contributed by atoms with Gasteiger partial charge in [0.05, 0.1) is 26.5 Å². The van der Waals surface area contributed by atoms with Crippen molar-refractivity contribution in [2.24, 2.45) is 15.9 Å². The van der Waals surface area contributed by atoms with Crippen molar-refractivity contribution in [2.75, 3.05) is 27.4 Å². The Morgan fingerprint density at radius 1 is 0.778 bits per heavy atom. The van der Waals surface area contributed by atoms with Gasteiger partial charge in [-0.15, -0.1) is 0 Å². The topological polar surface area (TPSA) is 83.6 Å². The van der Waals surface area contributed by atoms with Crippen LogP contribution in [0.1, 0.15) is 44.2 Å². The highest BCUT2D eigenvalue weighted by molar-refractivity contribution is 6.43. The summed E-state index contributed by atoms with van der Waals surface area (Å²) in [4.78, 5) is 21.5. The molecule has 4 aromatic carbocycles. The molecule has 0 radical (unpaired) electrons. The van der Waals surface area contributed by atoms with Gasteiger partial charge in [0.1, 0.15) is 23.1 Å². The lowest BCUT2D eigenvalue weighted by molar-refractivity contribution is -0.142. The van der Waals surface area contributed by atoms with Gasteiger partial charge in [-0.25, -0.2) is 14.8 Å². The number of hydrogen-bond donors (Lipinski definition) is 0. The summed E-state index contributed by atoms with van der Waals surface area (Å²) in [7, 11) is -0.0617. The molecule has 0 bridgehead atoms. The lowest BCUT2D eigenvalue weighted by Gasteiger charge is -2.12. The van der Waals surface area contributed by atoms with Crippen LogP contribution in [0.4, 0.5) is 14.4 Å². The highest BCUT2D eigenvalue weighted by Gasteiger charge is 2.30. The molecule has 0 spiro atoms. The van der Waals surface area contributed by atoms with Gasteiger partial charge >= 0.3 is 13.4 Å². The van der Waals surface area contributed by atoms with E-state index < -0.39 is 13.4 Å². The maximum Gasteiger partial charge on any atom is 0.679 e. The number of amidine groups is 1. The van der Waals surface area contributed by atoms with Crippen molar-refractivity contribution in [3.63, 3.8) is 0 Å². The summed E-state index contributed by atoms with van der Waals surface area (Å²) in [5.41, 5.74) is 4.91. The standard InChI is InChI=1S/C43H42BF2N3O5/c1-29(2)10-8-9-25-53-35-23-17-33(18-24-35)40-27-38(31-13-19-34(51-3)20-14-31)43(49(40)44(45)46)48-42-37(26-39(47-42)32-11-6-5-7-12-32)30-15-21-36(22-16-30)54-28-41(50)52-4/h5-7,11-24,26-27,29H,8-10,25,28H2,1-4H3/b48-42-. The molecule has 8 nitrogen and oxygen atoms in total. The predicted molar refractivity (Wildman–Crippen MR) is 211 cm³/mol. The molecule has 0 saturated carbocycles. The van der Waals surface area contributed by atoms with Crippen LogP contribution in [0.25, 0.3) is 28.0 Å². The molecule has 2 heterocycles. The summed E-state index contributed by atoms with van der Waals surface area (Å²) >= 11 is 0. The highest BCUT2D eigenvalue weighted by atomic mass is 19.2. The fraction of sp³-hybridized carbons (Fsp3) is 0.233. The van der Waals surface area contributed by atoms with E-state index in [1.807, 2.05) is 72.8 Å². The average Bonchev–Trinajstić information content (AvgIpc) is 3.80. The molecule has 11 heteroatoms. The summed E-state index contributed by atoms with van der Waals surface area (Å²) in [5.74, 6) is 2.24. The van der Waals surface area contributed by atoms with Crippen molar-refractivity contribution in [2.45, 2.75) is 33.1 Å². The molecule has 0 amide bonds. The number of esters is 1. The molecular formula is C43H42BF2N3O5. The molecule has 1 aliphatic heterocycles. The van der Waals surface area contributed by atoms with Crippen LogP contribution >= 0.6 is 0 Å². The molecule has 6 rings (SSSR count). The molecular weight excluding hydrogens is 687 g/mol. The fourth-order valence-electron chi connectivity index (χ4n) is 6.09. The molecule has 0 atom stereocenters. The Kier molecular flexibility index (Phi) is 12.4. The van der Waals surface area contributed by atoms with Crippen LogP contribution in [-0.4, -0.2) is 56.8 Å². The number of aliphatic imine (C=N–C) groups is 2. The molecule has 0 saturated heterocycles. The van der Waals surface area contributed by atoms with Crippen molar-refractivity contribution in [3.8, 4) is 39.6 Å². The zero-order valence-electron chi connectivity index (χ0n) is 30.8. The van der Waals surface area contributed by atoms with Gasteiger partial charge in [-0.3, -0.25) is 8.63 Å². The van der Waals surface area contributed by atoms with Gasteiger partial charge in [0.2, 0.25) is 0 Å². The van der Waals surface area contributed by atoms with Gasteiger partial charge in [0.15, 0.2) is 12.4 Å². The second-order valence-corrected chi connectivity index (χ2v) is 13.2. The molecule has 54 heavy (non-hydrogen) atoms. The minimum absolute atomic E-state index is 0.0487. The van der Waals surface area contributed by atoms with Crippen molar-refractivity contribution in [1.29, 1.82) is 0 Å². The lowest BCUT2D eigenvalue weighted by Crippen LogP contribution is -2.14. The molecule has 0 aliphatic carbocycles. The maximum atomic E-state index is 15.4. The van der Waals surface area contributed by atoms with Crippen molar-refractivity contribution >= 4 is 36.3 Å². The number of hydrogen-bond acceptors (Lipinski definition) is 6. The first-order valence-corrected chi connectivity index (χ1v) is 17.9. The van der Waals surface area contributed by atoms with Crippen LogP contribution in [0.3, 0.4) is 0 Å². The van der Waals surface area contributed by atoms with Crippen LogP contribution in [0.15, 0.2) is 125 Å². The summed E-state index contributed by atoms with van der Waals surface area (Å²) in [5, 5.41) is 0. The van der Waals surface area contributed by atoms with Crippen LogP contribution in [0, 0.1) is 5.92 Å². The Morgan fingerprint density at radius 3 is 2.04 bits per heavy atom. The Bertz CT molecular complexity index is 2130. The molecule has 276 valence electrons. The van der Waals surface area contributed by atoms with Gasteiger partial charge in [-0.05, 0) is 96.1 Å². The van der Waals surface area contributed by atoms with Crippen molar-refractivity contribution in [3.05, 3.63) is 126 Å². The molecule has 1 aromatic heterocycles. The number of unbranched alkanes of at least 4 members (excludes halogenated alkanes) is 1. The SMILES string of the molecule is COC(=O)COc1ccc(C2=CC(c3ccccc3)=N/C2=N\c2c(-c3ccc(OC)cc3)cc(-c3ccc(OCCCCC(C)C)cc3)n2B(F)F)cc1. The molecule has 0 unspecified atom stereocenters. The smallest absolute Gasteiger partial charge is 0.497 e. The Balaban J connectivity index is 1.43. The zero-order valence-corrected chi connectivity index (χ0v) is 30.8. The number of benzene rings is 4. The number of halogens is 2. The number of nitrogens with zero attached hydrogens (tertiary/aromatic N) is 3. The first-order valence-electron chi connectivity index (χ1n) is 17.9. The average molecular weight is 730 g/mol. The third-order valence-corrected chi connectivity index (χ3v) is 8.98. The van der Waals surface area contributed by atoms with Crippen LogP contribution in [0.5, 0.6) is 17.2 Å². The Hall–Kier alpha value is -5.97. The van der Waals surface area contributed by atoms with Gasteiger partial charge in [-0.2, -0.15) is 0 Å². The first-order chi connectivity index (χ1) is 26.2. The van der Waals surface area contributed by atoms with Crippen LogP contribution in [-0.2, 0) is 9.53 Å². The van der Waals surface area contributed by atoms with Gasteiger partial charge in [0, 0.05) is 22.4 Å². The predicted octanol–water partition coefficient (Wildman–Crippen LogP) is 9.98. The Labute approximate surface area is 315 Å².